The van der Waals surface area contributed by atoms with E-state index in [1.807, 2.05) is 30.3 Å². The number of hydrogen-bond acceptors (Lipinski definition) is 2. The molecule has 0 fully saturated rings. The van der Waals surface area contributed by atoms with Crippen molar-refractivity contribution in [3.8, 4) is 44.5 Å². The summed E-state index contributed by atoms with van der Waals surface area (Å²) < 4.78 is 0. The second kappa shape index (κ2) is 12.9. The first-order valence-electron chi connectivity index (χ1n) is 16.1. The van der Waals surface area contributed by atoms with Crippen molar-refractivity contribution in [2.45, 2.75) is 0 Å². The molecule has 9 rings (SSSR count). The fraction of sp³-hybridized carbons (Fsp3) is 0. The summed E-state index contributed by atoms with van der Waals surface area (Å²) in [5.41, 5.74) is 15.7. The monoisotopic (exact) mass is 668 g/mol. The first-order chi connectivity index (χ1) is 23.8. The molecule has 49 heavy (non-hydrogen) atoms. The minimum Gasteiger partial charge on any atom is -0.427 e. The quantitative estimate of drug-likeness (QED) is 0.145. The van der Waals surface area contributed by atoms with Crippen LogP contribution in [-0.4, -0.2) is 19.9 Å². The summed E-state index contributed by atoms with van der Waals surface area (Å²) in [7, 11) is 0. The molecule has 5 heteroatoms. The zero-order valence-corrected chi connectivity index (χ0v) is 27.5. The zero-order chi connectivity index (χ0) is 31.9. The summed E-state index contributed by atoms with van der Waals surface area (Å²) in [5.74, 6) is 0. The molecule has 4 aromatic carbocycles. The van der Waals surface area contributed by atoms with Gasteiger partial charge in [-0.3, -0.25) is 4.98 Å². The van der Waals surface area contributed by atoms with E-state index in [-0.39, 0.29) is 17.1 Å². The van der Waals surface area contributed by atoms with Crippen molar-refractivity contribution in [2.24, 2.45) is 0 Å². The van der Waals surface area contributed by atoms with Gasteiger partial charge in [-0.1, -0.05) is 143 Å². The van der Waals surface area contributed by atoms with Crippen LogP contribution in [0.3, 0.4) is 0 Å². The van der Waals surface area contributed by atoms with Crippen molar-refractivity contribution >= 4 is 46.4 Å². The molecule has 0 spiro atoms. The van der Waals surface area contributed by atoms with Crippen LogP contribution in [0.2, 0.25) is 0 Å². The number of H-pyrrole nitrogens is 2. The van der Waals surface area contributed by atoms with Gasteiger partial charge in [0.15, 0.2) is 0 Å². The molecule has 5 heterocycles. The van der Waals surface area contributed by atoms with E-state index < -0.39 is 0 Å². The summed E-state index contributed by atoms with van der Waals surface area (Å²) in [6.45, 7) is 0. The molecule has 2 N–H and O–H groups in total. The Morgan fingerprint density at radius 2 is 0.714 bits per heavy atom. The molecule has 0 unspecified atom stereocenters. The third kappa shape index (κ3) is 5.55. The molecule has 0 amide bonds. The smallest absolute Gasteiger partial charge is 0.0736 e. The molecule has 3 aromatic heterocycles. The molecule has 7 aromatic rings. The topological polar surface area (TPSA) is 57.4 Å². The Morgan fingerprint density at radius 1 is 0.367 bits per heavy atom. The Labute approximate surface area is 295 Å². The molecule has 2 aliphatic rings. The molecule has 2 aliphatic heterocycles. The molecule has 0 atom stereocenters. The Bertz CT molecular complexity index is 2180. The SMILES string of the molecule is [Mn].[c-]1cc2[nH]c1c(-c1ccccc1)c1nc(c(-c3ccccc3)c3ccc([nH]3)c(-c3ccccc3)c3nc(c2-c2ccccc2)C=C3)C=C1. The Morgan fingerprint density at radius 3 is 1.12 bits per heavy atom. The number of nitrogens with zero attached hydrogens (tertiary/aromatic N) is 2. The van der Waals surface area contributed by atoms with Gasteiger partial charge in [0.2, 0.25) is 0 Å². The van der Waals surface area contributed by atoms with Crippen molar-refractivity contribution in [3.05, 3.63) is 168 Å². The molecule has 0 saturated carbocycles. The minimum atomic E-state index is 0. The number of fused-ring (bicyclic) bond motifs is 8. The maximum atomic E-state index is 5.33. The molecule has 4 nitrogen and oxygen atoms in total. The van der Waals surface area contributed by atoms with Crippen LogP contribution in [0.25, 0.3) is 90.9 Å². The third-order valence-corrected chi connectivity index (χ3v) is 8.92. The van der Waals surface area contributed by atoms with Gasteiger partial charge in [0.1, 0.15) is 0 Å². The van der Waals surface area contributed by atoms with Crippen LogP contribution in [0.4, 0.5) is 0 Å². The molecule has 8 bridgehead atoms. The van der Waals surface area contributed by atoms with E-state index in [2.05, 4.69) is 150 Å². The largest absolute Gasteiger partial charge is 0.427 e. The zero-order valence-electron chi connectivity index (χ0n) is 26.4. The van der Waals surface area contributed by atoms with Crippen LogP contribution in [0, 0.1) is 6.07 Å². The van der Waals surface area contributed by atoms with Crippen molar-refractivity contribution in [1.29, 1.82) is 0 Å². The fourth-order valence-electron chi connectivity index (χ4n) is 6.75. The number of rotatable bonds is 4. The van der Waals surface area contributed by atoms with E-state index >= 15 is 0 Å². The van der Waals surface area contributed by atoms with E-state index in [4.69, 9.17) is 9.97 Å². The van der Waals surface area contributed by atoms with E-state index in [0.717, 1.165) is 89.4 Å². The van der Waals surface area contributed by atoms with Gasteiger partial charge in [0, 0.05) is 44.9 Å². The number of nitrogens with one attached hydrogen (secondary N) is 2. The summed E-state index contributed by atoms with van der Waals surface area (Å²) in [4.78, 5) is 18.2. The van der Waals surface area contributed by atoms with Crippen LogP contribution in [0.1, 0.15) is 22.8 Å². The van der Waals surface area contributed by atoms with Crippen LogP contribution < -0.4 is 0 Å². The van der Waals surface area contributed by atoms with Gasteiger partial charge >= 0.3 is 0 Å². The van der Waals surface area contributed by atoms with Crippen LogP contribution in [0.15, 0.2) is 140 Å². The Balaban J connectivity index is 0.00000348. The predicted molar refractivity (Wildman–Crippen MR) is 199 cm³/mol. The second-order valence-corrected chi connectivity index (χ2v) is 11.9. The van der Waals surface area contributed by atoms with Gasteiger partial charge in [0.25, 0.3) is 0 Å². The van der Waals surface area contributed by atoms with Crippen molar-refractivity contribution in [2.75, 3.05) is 0 Å². The molecule has 233 valence electrons. The average molecular weight is 669 g/mol. The summed E-state index contributed by atoms with van der Waals surface area (Å²) in [6.07, 6.45) is 8.49. The van der Waals surface area contributed by atoms with Gasteiger partial charge in [-0.15, -0.1) is 0 Å². The molecule has 1 radical (unpaired) electrons. The van der Waals surface area contributed by atoms with Crippen molar-refractivity contribution in [3.63, 3.8) is 0 Å². The van der Waals surface area contributed by atoms with Crippen molar-refractivity contribution < 1.29 is 17.1 Å². The van der Waals surface area contributed by atoms with E-state index in [1.54, 1.807) is 0 Å². The van der Waals surface area contributed by atoms with Crippen LogP contribution >= 0.6 is 0 Å². The standard InChI is InChI=1S/C44H29N4.Mn/c1-5-13-29(14-6-1)41-33-21-23-35(45-33)42(30-15-7-2-8-16-30)37-25-27-39(47-37)44(32-19-11-4-12-20-32)40-28-26-38(48-40)43(31-17-9-3-10-18-31)36-24-22-34(41)46-36;/h1-27,45,48H;/q-1;. The number of hydrogen-bond donors (Lipinski definition) is 2. The molecular formula is C44H29MnN4-. The first-order valence-corrected chi connectivity index (χ1v) is 16.1. The minimum absolute atomic E-state index is 0. The fourth-order valence-corrected chi connectivity index (χ4v) is 6.75. The van der Waals surface area contributed by atoms with Gasteiger partial charge in [-0.25, -0.2) is 4.98 Å². The maximum absolute atomic E-state index is 5.33. The average Bonchev–Trinajstić information content (AvgIpc) is 3.98. The van der Waals surface area contributed by atoms with Gasteiger partial charge in [-0.2, -0.15) is 12.1 Å². The van der Waals surface area contributed by atoms with Gasteiger partial charge in [-0.05, 0) is 58.7 Å². The van der Waals surface area contributed by atoms with Crippen LogP contribution in [0.5, 0.6) is 0 Å². The Hall–Kier alpha value is -6.00. The van der Waals surface area contributed by atoms with E-state index in [0.29, 0.717) is 0 Å². The maximum Gasteiger partial charge on any atom is 0.0736 e. The summed E-state index contributed by atoms with van der Waals surface area (Å²) >= 11 is 0. The molecule has 0 saturated heterocycles. The van der Waals surface area contributed by atoms with Crippen LogP contribution in [-0.2, 0) is 17.1 Å². The predicted octanol–water partition coefficient (Wildman–Crippen LogP) is 11.1. The van der Waals surface area contributed by atoms with E-state index in [1.165, 1.54) is 0 Å². The first kappa shape index (κ1) is 30.3. The van der Waals surface area contributed by atoms with Crippen molar-refractivity contribution in [1.82, 2.24) is 19.9 Å². The van der Waals surface area contributed by atoms with E-state index in [9.17, 15) is 0 Å². The number of aromatic nitrogens is 4. The number of benzene rings is 4. The summed E-state index contributed by atoms with van der Waals surface area (Å²) in [6, 6.07) is 51.8. The van der Waals surface area contributed by atoms with Gasteiger partial charge in [0.05, 0.1) is 17.1 Å². The second-order valence-electron chi connectivity index (χ2n) is 11.9. The Kier molecular flexibility index (Phi) is 7.98. The number of aromatic amines is 2. The summed E-state index contributed by atoms with van der Waals surface area (Å²) in [5, 5.41) is 0. The molecular weight excluding hydrogens is 639 g/mol. The third-order valence-electron chi connectivity index (χ3n) is 8.92. The normalized spacial score (nSPS) is 11.8. The van der Waals surface area contributed by atoms with Gasteiger partial charge < -0.3 is 9.97 Å². The molecule has 0 aliphatic carbocycles.